The van der Waals surface area contributed by atoms with Gasteiger partial charge in [-0.15, -0.1) is 0 Å². The summed E-state index contributed by atoms with van der Waals surface area (Å²) in [6.45, 7) is 1.36. The number of halogens is 3. The Bertz CT molecular complexity index is 728. The maximum atomic E-state index is 12.9. The van der Waals surface area contributed by atoms with E-state index in [4.69, 9.17) is 5.26 Å². The van der Waals surface area contributed by atoms with Crippen LogP contribution in [0.3, 0.4) is 0 Å². The van der Waals surface area contributed by atoms with E-state index in [0.29, 0.717) is 0 Å². The first-order chi connectivity index (χ1) is 11.2. The molecule has 126 valence electrons. The van der Waals surface area contributed by atoms with E-state index in [0.717, 1.165) is 25.0 Å². The number of hydrogen-bond donors (Lipinski definition) is 2. The zero-order valence-corrected chi connectivity index (χ0v) is 12.9. The Balaban J connectivity index is 2.03. The molecule has 2 rings (SSSR count). The van der Waals surface area contributed by atoms with Gasteiger partial charge in [-0.3, -0.25) is 4.79 Å². The molecule has 24 heavy (non-hydrogen) atoms. The number of anilines is 1. The highest BCUT2D eigenvalue weighted by atomic mass is 19.4. The number of amides is 1. The highest BCUT2D eigenvalue weighted by Gasteiger charge is 2.43. The first kappa shape index (κ1) is 17.6. The van der Waals surface area contributed by atoms with Crippen LogP contribution in [0.5, 0.6) is 0 Å². The molecule has 0 bridgehead atoms. The molecule has 1 aliphatic carbocycles. The molecule has 0 heterocycles. The first-order valence-corrected chi connectivity index (χ1v) is 7.27. The van der Waals surface area contributed by atoms with Gasteiger partial charge in [-0.2, -0.15) is 23.7 Å². The summed E-state index contributed by atoms with van der Waals surface area (Å²) in [6.07, 6.45) is -2.93. The summed E-state index contributed by atoms with van der Waals surface area (Å²) in [5.74, 6) is -0.373. The van der Waals surface area contributed by atoms with Crippen molar-refractivity contribution < 1.29 is 18.0 Å². The number of alkyl halides is 3. The fraction of sp³-hybridized carbons (Fsp3) is 0.438. The molecule has 1 amide bonds. The number of nitrogens with one attached hydrogen (secondary N) is 2. The standard InChI is InChI=1S/C16H15F3N4O/c1-15(9-21,11-3-4-11)23-14(24)8-22-12-5-2-10(7-20)13(6-12)16(17,18)19/h2,5-6,11,22H,3-4,8H2,1H3,(H,23,24)/t15-/m0/s1. The Morgan fingerprint density at radius 2 is 2.00 bits per heavy atom. The van der Waals surface area contributed by atoms with E-state index in [1.54, 1.807) is 6.92 Å². The molecule has 2 N–H and O–H groups in total. The van der Waals surface area contributed by atoms with Gasteiger partial charge in [0.2, 0.25) is 5.91 Å². The van der Waals surface area contributed by atoms with Gasteiger partial charge >= 0.3 is 6.18 Å². The second-order valence-corrected chi connectivity index (χ2v) is 5.86. The molecule has 1 aromatic rings. The number of carbonyl (C=O) groups excluding carboxylic acids is 1. The first-order valence-electron chi connectivity index (χ1n) is 7.27. The Morgan fingerprint density at radius 3 is 2.50 bits per heavy atom. The number of benzene rings is 1. The molecule has 0 aliphatic heterocycles. The number of nitriles is 2. The van der Waals surface area contributed by atoms with Crippen LogP contribution in [-0.2, 0) is 11.0 Å². The lowest BCUT2D eigenvalue weighted by Crippen LogP contribution is -2.48. The third kappa shape index (κ3) is 3.96. The Labute approximate surface area is 137 Å². The van der Waals surface area contributed by atoms with Crippen molar-refractivity contribution in [2.24, 2.45) is 5.92 Å². The van der Waals surface area contributed by atoms with Gasteiger partial charge in [0.15, 0.2) is 0 Å². The van der Waals surface area contributed by atoms with Gasteiger partial charge in [0.05, 0.1) is 29.8 Å². The van der Waals surface area contributed by atoms with E-state index in [-0.39, 0.29) is 18.2 Å². The topological polar surface area (TPSA) is 88.7 Å². The van der Waals surface area contributed by atoms with Crippen LogP contribution in [-0.4, -0.2) is 18.0 Å². The quantitative estimate of drug-likeness (QED) is 0.865. The molecular formula is C16H15F3N4O. The smallest absolute Gasteiger partial charge is 0.376 e. The number of nitrogens with zero attached hydrogens (tertiary/aromatic N) is 2. The fourth-order valence-corrected chi connectivity index (χ4v) is 2.38. The zero-order chi connectivity index (χ0) is 18.0. The van der Waals surface area contributed by atoms with E-state index in [1.165, 1.54) is 12.1 Å². The summed E-state index contributed by atoms with van der Waals surface area (Å²) in [6, 6.07) is 6.69. The summed E-state index contributed by atoms with van der Waals surface area (Å²) in [7, 11) is 0. The molecule has 8 heteroatoms. The predicted molar refractivity (Wildman–Crippen MR) is 79.5 cm³/mol. The largest absolute Gasteiger partial charge is 0.417 e. The monoisotopic (exact) mass is 336 g/mol. The van der Waals surface area contributed by atoms with E-state index >= 15 is 0 Å². The lowest BCUT2D eigenvalue weighted by molar-refractivity contribution is -0.137. The van der Waals surface area contributed by atoms with Crippen molar-refractivity contribution in [2.45, 2.75) is 31.5 Å². The van der Waals surface area contributed by atoms with Crippen LogP contribution in [0.4, 0.5) is 18.9 Å². The minimum Gasteiger partial charge on any atom is -0.376 e. The minimum absolute atomic E-state index is 0.0709. The summed E-state index contributed by atoms with van der Waals surface area (Å²) >= 11 is 0. The molecule has 1 fully saturated rings. The fourth-order valence-electron chi connectivity index (χ4n) is 2.38. The van der Waals surface area contributed by atoms with Crippen molar-refractivity contribution in [3.05, 3.63) is 29.3 Å². The molecule has 0 radical (unpaired) electrons. The lowest BCUT2D eigenvalue weighted by atomic mass is 9.98. The molecule has 0 saturated heterocycles. The Morgan fingerprint density at radius 1 is 1.33 bits per heavy atom. The maximum absolute atomic E-state index is 12.9. The molecule has 0 aromatic heterocycles. The van der Waals surface area contributed by atoms with Crippen molar-refractivity contribution in [1.82, 2.24) is 5.32 Å². The number of rotatable bonds is 5. The lowest BCUT2D eigenvalue weighted by Gasteiger charge is -2.23. The van der Waals surface area contributed by atoms with Gasteiger partial charge in [-0.1, -0.05) is 0 Å². The van der Waals surface area contributed by atoms with Crippen LogP contribution in [0, 0.1) is 28.6 Å². The zero-order valence-electron chi connectivity index (χ0n) is 12.9. The van der Waals surface area contributed by atoms with Gasteiger partial charge in [-0.25, -0.2) is 0 Å². The van der Waals surface area contributed by atoms with Gasteiger partial charge in [0, 0.05) is 5.69 Å². The number of carbonyl (C=O) groups is 1. The van der Waals surface area contributed by atoms with Crippen LogP contribution in [0.2, 0.25) is 0 Å². The summed E-state index contributed by atoms with van der Waals surface area (Å²) in [5.41, 5.74) is -2.43. The summed E-state index contributed by atoms with van der Waals surface area (Å²) in [5, 5.41) is 23.1. The average Bonchev–Trinajstić information content (AvgIpc) is 3.37. The molecule has 1 aromatic carbocycles. The summed E-state index contributed by atoms with van der Waals surface area (Å²) < 4.78 is 38.7. The SMILES string of the molecule is C[C@@](C#N)(NC(=O)CNc1ccc(C#N)c(C(F)(F)F)c1)C1CC1. The molecule has 1 atom stereocenters. The molecule has 5 nitrogen and oxygen atoms in total. The molecule has 1 saturated carbocycles. The highest BCUT2D eigenvalue weighted by Crippen LogP contribution is 2.39. The Hall–Kier alpha value is -2.74. The maximum Gasteiger partial charge on any atom is 0.417 e. The van der Waals surface area contributed by atoms with Crippen LogP contribution in [0.25, 0.3) is 0 Å². The van der Waals surface area contributed by atoms with Gasteiger partial charge in [-0.05, 0) is 43.9 Å². The van der Waals surface area contributed by atoms with Crippen LogP contribution in [0.15, 0.2) is 18.2 Å². The van der Waals surface area contributed by atoms with E-state index in [9.17, 15) is 23.2 Å². The minimum atomic E-state index is -4.66. The third-order valence-corrected chi connectivity index (χ3v) is 3.92. The normalized spacial score (nSPS) is 16.4. The van der Waals surface area contributed by atoms with Crippen molar-refractivity contribution in [2.75, 3.05) is 11.9 Å². The Kier molecular flexibility index (Phi) is 4.70. The molecule has 1 aliphatic rings. The molecule has 0 spiro atoms. The van der Waals surface area contributed by atoms with Crippen molar-refractivity contribution >= 4 is 11.6 Å². The highest BCUT2D eigenvalue weighted by molar-refractivity contribution is 5.82. The van der Waals surface area contributed by atoms with Crippen molar-refractivity contribution in [3.8, 4) is 12.1 Å². The van der Waals surface area contributed by atoms with E-state index in [2.05, 4.69) is 16.7 Å². The molecular weight excluding hydrogens is 321 g/mol. The van der Waals surface area contributed by atoms with Crippen LogP contribution < -0.4 is 10.6 Å². The van der Waals surface area contributed by atoms with Gasteiger partial charge < -0.3 is 10.6 Å². The molecule has 0 unspecified atom stereocenters. The predicted octanol–water partition coefficient (Wildman–Crippen LogP) is 2.80. The van der Waals surface area contributed by atoms with Gasteiger partial charge in [0.25, 0.3) is 0 Å². The second-order valence-electron chi connectivity index (χ2n) is 5.86. The van der Waals surface area contributed by atoms with Crippen molar-refractivity contribution in [3.63, 3.8) is 0 Å². The summed E-state index contributed by atoms with van der Waals surface area (Å²) in [4.78, 5) is 11.9. The van der Waals surface area contributed by atoms with E-state index < -0.39 is 28.7 Å². The average molecular weight is 336 g/mol. The van der Waals surface area contributed by atoms with Gasteiger partial charge in [0.1, 0.15) is 5.54 Å². The number of hydrogen-bond acceptors (Lipinski definition) is 4. The third-order valence-electron chi connectivity index (χ3n) is 3.92. The van der Waals surface area contributed by atoms with E-state index in [1.807, 2.05) is 0 Å². The second kappa shape index (κ2) is 6.40. The van der Waals surface area contributed by atoms with Crippen LogP contribution >= 0.6 is 0 Å². The van der Waals surface area contributed by atoms with Crippen molar-refractivity contribution in [1.29, 1.82) is 10.5 Å². The van der Waals surface area contributed by atoms with Crippen LogP contribution in [0.1, 0.15) is 30.9 Å².